The number of anilines is 2. The Morgan fingerprint density at radius 2 is 1.65 bits per heavy atom. The van der Waals surface area contributed by atoms with Gasteiger partial charge in [-0.05, 0) is 62.4 Å². The fourth-order valence-electron chi connectivity index (χ4n) is 4.41. The van der Waals surface area contributed by atoms with Gasteiger partial charge in [0.15, 0.2) is 0 Å². The van der Waals surface area contributed by atoms with Crippen LogP contribution in [-0.2, 0) is 6.42 Å². The quantitative estimate of drug-likeness (QED) is 0.569. The first kappa shape index (κ1) is 21.4. The number of hydrogen-bond acceptors (Lipinski definition) is 6. The fraction of sp³-hybridized carbons (Fsp3) is 0.440. The number of nitrogens with one attached hydrogen (secondary N) is 2. The molecular formula is C25H33N5O. The van der Waals surface area contributed by atoms with Gasteiger partial charge >= 0.3 is 0 Å². The summed E-state index contributed by atoms with van der Waals surface area (Å²) in [5, 5.41) is 8.41. The molecule has 1 aliphatic rings. The molecule has 2 aromatic carbocycles. The Morgan fingerprint density at radius 1 is 0.935 bits per heavy atom. The van der Waals surface area contributed by atoms with E-state index in [0.717, 1.165) is 67.1 Å². The minimum Gasteiger partial charge on any atom is -0.496 e. The third-order valence-corrected chi connectivity index (χ3v) is 6.09. The number of aromatic nitrogens is 2. The summed E-state index contributed by atoms with van der Waals surface area (Å²) < 4.78 is 5.46. The van der Waals surface area contributed by atoms with Crippen LogP contribution in [0.1, 0.15) is 31.2 Å². The molecule has 1 aromatic heterocycles. The molecular weight excluding hydrogens is 386 g/mol. The first-order chi connectivity index (χ1) is 15.1. The molecule has 0 radical (unpaired) electrons. The molecule has 1 aliphatic carbocycles. The van der Waals surface area contributed by atoms with Crippen molar-refractivity contribution >= 4 is 22.7 Å². The Hall–Kier alpha value is -2.86. The second kappa shape index (κ2) is 9.96. The molecule has 6 heteroatoms. The zero-order valence-corrected chi connectivity index (χ0v) is 18.8. The smallest absolute Gasteiger partial charge is 0.225 e. The molecule has 1 fully saturated rings. The summed E-state index contributed by atoms with van der Waals surface area (Å²) in [5.74, 6) is 2.67. The lowest BCUT2D eigenvalue weighted by molar-refractivity contribution is 0.354. The van der Waals surface area contributed by atoms with Crippen LogP contribution in [0, 0.1) is 0 Å². The first-order valence-corrected chi connectivity index (χ1v) is 11.2. The van der Waals surface area contributed by atoms with E-state index < -0.39 is 0 Å². The molecule has 4 rings (SSSR count). The lowest BCUT2D eigenvalue weighted by Gasteiger charge is -2.30. The molecule has 0 aliphatic heterocycles. The molecule has 31 heavy (non-hydrogen) atoms. The van der Waals surface area contributed by atoms with Crippen LogP contribution < -0.4 is 20.3 Å². The van der Waals surface area contributed by atoms with E-state index in [4.69, 9.17) is 14.7 Å². The molecule has 0 unspecified atom stereocenters. The summed E-state index contributed by atoms with van der Waals surface area (Å²) in [5.41, 5.74) is 2.24. The summed E-state index contributed by atoms with van der Waals surface area (Å²) in [4.78, 5) is 11.6. The summed E-state index contributed by atoms with van der Waals surface area (Å²) in [7, 11) is 5.79. The van der Waals surface area contributed by atoms with E-state index in [-0.39, 0.29) is 0 Å². The van der Waals surface area contributed by atoms with E-state index in [0.29, 0.717) is 12.1 Å². The number of rotatable bonds is 8. The van der Waals surface area contributed by atoms with Gasteiger partial charge in [0.2, 0.25) is 5.95 Å². The minimum atomic E-state index is 0.420. The van der Waals surface area contributed by atoms with Crippen molar-refractivity contribution < 1.29 is 4.74 Å². The van der Waals surface area contributed by atoms with Gasteiger partial charge < -0.3 is 20.3 Å². The van der Waals surface area contributed by atoms with Crippen molar-refractivity contribution in [1.29, 1.82) is 0 Å². The maximum atomic E-state index is 5.46. The SMILES string of the molecule is COc1ccccc1CCN[C@H]1CC[C@@H](Nc2nc(N(C)C)c3ccccc3n2)CC1. The Bertz CT molecular complexity index is 998. The highest BCUT2D eigenvalue weighted by molar-refractivity contribution is 5.90. The maximum absolute atomic E-state index is 5.46. The van der Waals surface area contributed by atoms with Gasteiger partial charge in [0, 0.05) is 31.6 Å². The van der Waals surface area contributed by atoms with Crippen molar-refractivity contribution in [2.24, 2.45) is 0 Å². The van der Waals surface area contributed by atoms with Crippen LogP contribution in [0.2, 0.25) is 0 Å². The van der Waals surface area contributed by atoms with E-state index in [1.807, 2.05) is 38.4 Å². The Morgan fingerprint density at radius 3 is 2.42 bits per heavy atom. The van der Waals surface area contributed by atoms with E-state index in [2.05, 4.69) is 39.8 Å². The van der Waals surface area contributed by atoms with Crippen LogP contribution >= 0.6 is 0 Å². The van der Waals surface area contributed by atoms with Crippen LogP contribution in [-0.4, -0.2) is 49.8 Å². The monoisotopic (exact) mass is 419 g/mol. The normalized spacial score (nSPS) is 18.7. The van der Waals surface area contributed by atoms with Gasteiger partial charge in [-0.1, -0.05) is 30.3 Å². The standard InChI is InChI=1S/C25H33N5O/c1-30(2)24-21-9-5-6-10-22(21)28-25(29-24)27-20-14-12-19(13-15-20)26-17-16-18-8-4-7-11-23(18)31-3/h4-11,19-20,26H,12-17H2,1-3H3,(H,27,28,29)/t19-,20+. The maximum Gasteiger partial charge on any atom is 0.225 e. The van der Waals surface area contributed by atoms with Crippen molar-refractivity contribution in [2.45, 2.75) is 44.2 Å². The van der Waals surface area contributed by atoms with Crippen LogP contribution in [0.4, 0.5) is 11.8 Å². The Kier molecular flexibility index (Phi) is 6.87. The summed E-state index contributed by atoms with van der Waals surface area (Å²) >= 11 is 0. The lowest BCUT2D eigenvalue weighted by Crippen LogP contribution is -2.38. The van der Waals surface area contributed by atoms with Gasteiger partial charge in [0.05, 0.1) is 12.6 Å². The number of benzene rings is 2. The van der Waals surface area contributed by atoms with Crippen molar-refractivity contribution in [3.05, 3.63) is 54.1 Å². The van der Waals surface area contributed by atoms with Gasteiger partial charge in [-0.15, -0.1) is 0 Å². The highest BCUT2D eigenvalue weighted by atomic mass is 16.5. The predicted octanol–water partition coefficient (Wildman–Crippen LogP) is 4.26. The third kappa shape index (κ3) is 5.25. The van der Waals surface area contributed by atoms with Gasteiger partial charge in [0.25, 0.3) is 0 Å². The van der Waals surface area contributed by atoms with E-state index in [9.17, 15) is 0 Å². The molecule has 0 saturated heterocycles. The largest absolute Gasteiger partial charge is 0.496 e. The van der Waals surface area contributed by atoms with Crippen molar-refractivity contribution in [3.8, 4) is 5.75 Å². The molecule has 0 bridgehead atoms. The van der Waals surface area contributed by atoms with Crippen molar-refractivity contribution in [2.75, 3.05) is 38.0 Å². The average molecular weight is 420 g/mol. The summed E-state index contributed by atoms with van der Waals surface area (Å²) in [6.07, 6.45) is 5.56. The molecule has 0 amide bonds. The van der Waals surface area contributed by atoms with Gasteiger partial charge in [-0.2, -0.15) is 4.98 Å². The average Bonchev–Trinajstić information content (AvgIpc) is 2.80. The van der Waals surface area contributed by atoms with Crippen molar-refractivity contribution in [1.82, 2.24) is 15.3 Å². The minimum absolute atomic E-state index is 0.420. The number of para-hydroxylation sites is 2. The third-order valence-electron chi connectivity index (χ3n) is 6.09. The number of methoxy groups -OCH3 is 1. The first-order valence-electron chi connectivity index (χ1n) is 11.2. The van der Waals surface area contributed by atoms with Gasteiger partial charge in [-0.3, -0.25) is 0 Å². The van der Waals surface area contributed by atoms with E-state index >= 15 is 0 Å². The molecule has 3 aromatic rings. The topological polar surface area (TPSA) is 62.3 Å². The number of fused-ring (bicyclic) bond motifs is 1. The molecule has 2 N–H and O–H groups in total. The predicted molar refractivity (Wildman–Crippen MR) is 128 cm³/mol. The molecule has 0 atom stereocenters. The zero-order valence-electron chi connectivity index (χ0n) is 18.8. The molecule has 164 valence electrons. The van der Waals surface area contributed by atoms with Crippen LogP contribution in [0.25, 0.3) is 10.9 Å². The Balaban J connectivity index is 1.29. The van der Waals surface area contributed by atoms with Crippen LogP contribution in [0.3, 0.4) is 0 Å². The number of hydrogen-bond donors (Lipinski definition) is 2. The molecule has 6 nitrogen and oxygen atoms in total. The summed E-state index contributed by atoms with van der Waals surface area (Å²) in [6, 6.07) is 17.5. The zero-order chi connectivity index (χ0) is 21.6. The van der Waals surface area contributed by atoms with Crippen molar-refractivity contribution in [3.63, 3.8) is 0 Å². The van der Waals surface area contributed by atoms with Gasteiger partial charge in [0.1, 0.15) is 11.6 Å². The summed E-state index contributed by atoms with van der Waals surface area (Å²) in [6.45, 7) is 0.975. The lowest BCUT2D eigenvalue weighted by atomic mass is 9.91. The van der Waals surface area contributed by atoms with E-state index in [1.54, 1.807) is 7.11 Å². The molecule has 1 heterocycles. The molecule has 0 spiro atoms. The van der Waals surface area contributed by atoms with Crippen LogP contribution in [0.5, 0.6) is 5.75 Å². The highest BCUT2D eigenvalue weighted by Crippen LogP contribution is 2.26. The second-order valence-electron chi connectivity index (χ2n) is 8.49. The molecule has 1 saturated carbocycles. The number of nitrogens with zero attached hydrogens (tertiary/aromatic N) is 3. The van der Waals surface area contributed by atoms with E-state index in [1.165, 1.54) is 5.56 Å². The Labute approximate surface area is 185 Å². The van der Waals surface area contributed by atoms with Crippen LogP contribution in [0.15, 0.2) is 48.5 Å². The fourth-order valence-corrected chi connectivity index (χ4v) is 4.41. The highest BCUT2D eigenvalue weighted by Gasteiger charge is 2.22. The van der Waals surface area contributed by atoms with Gasteiger partial charge in [-0.25, -0.2) is 4.98 Å². The second-order valence-corrected chi connectivity index (χ2v) is 8.49. The number of ether oxygens (including phenoxy) is 1.